The summed E-state index contributed by atoms with van der Waals surface area (Å²) in [7, 11) is 2.95. The third-order valence-corrected chi connectivity index (χ3v) is 7.62. The molecule has 2 bridgehead atoms. The molecule has 0 radical (unpaired) electrons. The normalized spacial score (nSPS) is 30.3. The first-order chi connectivity index (χ1) is 15.4. The van der Waals surface area contributed by atoms with Crippen molar-refractivity contribution in [3.63, 3.8) is 0 Å². The van der Waals surface area contributed by atoms with E-state index in [9.17, 15) is 14.4 Å². The van der Waals surface area contributed by atoms with Gasteiger partial charge in [0.15, 0.2) is 11.2 Å². The van der Waals surface area contributed by atoms with Crippen LogP contribution in [-0.2, 0) is 25.7 Å². The lowest BCUT2D eigenvalue weighted by Crippen LogP contribution is -2.61. The van der Waals surface area contributed by atoms with Crippen LogP contribution in [0.15, 0.2) is 24.3 Å². The van der Waals surface area contributed by atoms with Gasteiger partial charge in [0.05, 0.1) is 20.6 Å². The summed E-state index contributed by atoms with van der Waals surface area (Å²) >= 11 is 0. The van der Waals surface area contributed by atoms with Gasteiger partial charge in [-0.25, -0.2) is 0 Å². The van der Waals surface area contributed by atoms with Crippen LogP contribution in [0.1, 0.15) is 51.0 Å². The van der Waals surface area contributed by atoms with Gasteiger partial charge in [-0.3, -0.25) is 19.3 Å². The van der Waals surface area contributed by atoms with Gasteiger partial charge in [0.25, 0.3) is 0 Å². The molecule has 1 aromatic carbocycles. The molecule has 0 spiro atoms. The summed E-state index contributed by atoms with van der Waals surface area (Å²) in [6, 6.07) is 7.60. The summed E-state index contributed by atoms with van der Waals surface area (Å²) in [5.41, 5.74) is -0.371. The third kappa shape index (κ3) is 4.03. The van der Waals surface area contributed by atoms with Crippen LogP contribution in [0.25, 0.3) is 0 Å². The number of amides is 1. The Morgan fingerprint density at radius 3 is 2.72 bits per heavy atom. The highest BCUT2D eigenvalue weighted by Gasteiger charge is 2.62. The predicted octanol–water partition coefficient (Wildman–Crippen LogP) is 2.81. The zero-order valence-corrected chi connectivity index (χ0v) is 19.3. The maximum atomic E-state index is 13.4. The highest BCUT2D eigenvalue weighted by molar-refractivity contribution is 6.08. The molecule has 3 aliphatic rings. The minimum absolute atomic E-state index is 0.0848. The number of ether oxygens (including phenoxy) is 2. The molecule has 4 rings (SSSR count). The quantitative estimate of drug-likeness (QED) is 0.498. The fourth-order valence-corrected chi connectivity index (χ4v) is 5.97. The number of rotatable bonds is 6. The molecule has 0 aromatic heterocycles. The molecule has 3 aliphatic heterocycles. The average Bonchev–Trinajstić information content (AvgIpc) is 3.11. The van der Waals surface area contributed by atoms with Crippen LogP contribution in [0.2, 0.25) is 0 Å². The smallest absolute Gasteiger partial charge is 0.321 e. The number of nitrogens with zero attached hydrogens (tertiary/aromatic N) is 2. The van der Waals surface area contributed by atoms with E-state index in [1.165, 1.54) is 7.11 Å². The maximum absolute atomic E-state index is 13.4. The zero-order valence-electron chi connectivity index (χ0n) is 19.3. The van der Waals surface area contributed by atoms with Crippen molar-refractivity contribution in [2.75, 3.05) is 27.3 Å². The van der Waals surface area contributed by atoms with E-state index >= 15 is 0 Å². The number of hydrogen-bond donors (Lipinski definition) is 0. The van der Waals surface area contributed by atoms with Gasteiger partial charge in [-0.15, -0.1) is 0 Å². The van der Waals surface area contributed by atoms with E-state index in [1.807, 2.05) is 29.2 Å². The lowest BCUT2D eigenvalue weighted by Gasteiger charge is -2.46. The second-order valence-corrected chi connectivity index (χ2v) is 9.62. The van der Waals surface area contributed by atoms with Crippen LogP contribution < -0.4 is 4.74 Å². The molecule has 1 aromatic rings. The summed E-state index contributed by atoms with van der Waals surface area (Å²) in [5.74, 6) is 0.391. The summed E-state index contributed by atoms with van der Waals surface area (Å²) in [6.45, 7) is 4.12. The number of ketones is 1. The van der Waals surface area contributed by atoms with Crippen molar-refractivity contribution in [3.05, 3.63) is 29.8 Å². The van der Waals surface area contributed by atoms with Gasteiger partial charge in [-0.2, -0.15) is 0 Å². The summed E-state index contributed by atoms with van der Waals surface area (Å²) in [4.78, 5) is 44.1. The van der Waals surface area contributed by atoms with Gasteiger partial charge >= 0.3 is 5.97 Å². The Balaban J connectivity index is 1.63. The number of fused-ring (bicyclic) bond motifs is 2. The Morgan fingerprint density at radius 1 is 1.19 bits per heavy atom. The van der Waals surface area contributed by atoms with Crippen molar-refractivity contribution < 1.29 is 23.9 Å². The minimum Gasteiger partial charge on any atom is -0.497 e. The Bertz CT molecular complexity index is 887. The molecule has 0 unspecified atom stereocenters. The maximum Gasteiger partial charge on any atom is 0.321 e. The molecule has 4 atom stereocenters. The van der Waals surface area contributed by atoms with Gasteiger partial charge in [0.2, 0.25) is 5.91 Å². The highest BCUT2D eigenvalue weighted by atomic mass is 16.5. The summed E-state index contributed by atoms with van der Waals surface area (Å²) in [6.07, 6.45) is 3.78. The number of carbonyl (C=O) groups is 3. The summed E-state index contributed by atoms with van der Waals surface area (Å²) < 4.78 is 10.5. The number of hydrogen-bond acceptors (Lipinski definition) is 6. The second-order valence-electron chi connectivity index (χ2n) is 9.62. The highest BCUT2D eigenvalue weighted by Crippen LogP contribution is 2.48. The molecule has 0 aliphatic carbocycles. The standard InChI is InChI=1S/C25H34N2O5/c1-17-6-5-11-26(15-17)23(29)14-25(24(30)32-3)21-10-9-19(13-22(25)28)27(21)16-18-7-4-8-20(12-18)31-2/h4,7-8,12,17,19,21H,5-6,9-11,13-16H2,1-3H3/t17-,19-,21+,25-/m1/s1. The molecule has 0 saturated carbocycles. The number of methoxy groups -OCH3 is 2. The average molecular weight is 443 g/mol. The molecular formula is C25H34N2O5. The number of esters is 1. The zero-order chi connectivity index (χ0) is 22.9. The van der Waals surface area contributed by atoms with Gasteiger partial charge in [-0.05, 0) is 49.3 Å². The van der Waals surface area contributed by atoms with Crippen molar-refractivity contribution in [1.29, 1.82) is 0 Å². The molecule has 7 nitrogen and oxygen atoms in total. The van der Waals surface area contributed by atoms with Crippen molar-refractivity contribution in [2.45, 2.75) is 64.1 Å². The van der Waals surface area contributed by atoms with Crippen molar-refractivity contribution >= 4 is 17.7 Å². The molecular weight excluding hydrogens is 408 g/mol. The molecule has 7 heteroatoms. The van der Waals surface area contributed by atoms with Crippen molar-refractivity contribution in [1.82, 2.24) is 9.80 Å². The predicted molar refractivity (Wildman–Crippen MR) is 119 cm³/mol. The Morgan fingerprint density at radius 2 is 2.00 bits per heavy atom. The lowest BCUT2D eigenvalue weighted by molar-refractivity contribution is -0.171. The number of piperidine rings is 2. The molecule has 3 fully saturated rings. The minimum atomic E-state index is -1.43. The fraction of sp³-hybridized carbons (Fsp3) is 0.640. The van der Waals surface area contributed by atoms with Gasteiger partial charge in [0.1, 0.15) is 5.75 Å². The van der Waals surface area contributed by atoms with Crippen LogP contribution >= 0.6 is 0 Å². The first-order valence-electron chi connectivity index (χ1n) is 11.7. The molecule has 174 valence electrons. The van der Waals surface area contributed by atoms with Crippen LogP contribution in [0.5, 0.6) is 5.75 Å². The van der Waals surface area contributed by atoms with E-state index in [1.54, 1.807) is 7.11 Å². The Kier molecular flexibility index (Phi) is 6.56. The van der Waals surface area contributed by atoms with E-state index < -0.39 is 11.4 Å². The topological polar surface area (TPSA) is 76.2 Å². The number of carbonyl (C=O) groups excluding carboxylic acids is 3. The van der Waals surface area contributed by atoms with E-state index in [0.29, 0.717) is 32.0 Å². The Hall–Kier alpha value is -2.41. The number of Topliss-reactive ketones (excluding diaryl/α,β-unsaturated/α-hetero) is 1. The fourth-order valence-electron chi connectivity index (χ4n) is 5.97. The van der Waals surface area contributed by atoms with Gasteiger partial charge in [-0.1, -0.05) is 19.1 Å². The molecule has 0 N–H and O–H groups in total. The van der Waals surface area contributed by atoms with Crippen molar-refractivity contribution in [3.8, 4) is 5.75 Å². The summed E-state index contributed by atoms with van der Waals surface area (Å²) in [5, 5.41) is 0. The molecule has 3 saturated heterocycles. The molecule has 1 amide bonds. The first-order valence-corrected chi connectivity index (χ1v) is 11.7. The van der Waals surface area contributed by atoms with Gasteiger partial charge < -0.3 is 14.4 Å². The van der Waals surface area contributed by atoms with Gasteiger partial charge in [0, 0.05) is 38.1 Å². The third-order valence-electron chi connectivity index (χ3n) is 7.62. The first kappa shape index (κ1) is 22.8. The van der Waals surface area contributed by atoms with Crippen LogP contribution in [0.4, 0.5) is 0 Å². The monoisotopic (exact) mass is 442 g/mol. The number of likely N-dealkylation sites (tertiary alicyclic amines) is 1. The Labute approximate surface area is 190 Å². The van der Waals surface area contributed by atoms with Crippen LogP contribution in [0.3, 0.4) is 0 Å². The van der Waals surface area contributed by atoms with Crippen LogP contribution in [-0.4, -0.2) is 66.9 Å². The number of benzene rings is 1. The van der Waals surface area contributed by atoms with E-state index in [0.717, 1.165) is 30.6 Å². The van der Waals surface area contributed by atoms with Crippen LogP contribution in [0, 0.1) is 11.3 Å². The van der Waals surface area contributed by atoms with E-state index in [-0.39, 0.29) is 36.6 Å². The largest absolute Gasteiger partial charge is 0.497 e. The molecule has 3 heterocycles. The second kappa shape index (κ2) is 9.22. The lowest BCUT2D eigenvalue weighted by atomic mass is 9.69. The van der Waals surface area contributed by atoms with E-state index in [2.05, 4.69) is 11.8 Å². The SMILES string of the molecule is COC(=O)[C@@]1(CC(=O)N2CCC[C@@H](C)C2)C(=O)C[C@H]2CC[C@@H]1N2Cc1cccc(OC)c1. The van der Waals surface area contributed by atoms with Crippen molar-refractivity contribution in [2.24, 2.45) is 11.3 Å². The molecule has 32 heavy (non-hydrogen) atoms. The van der Waals surface area contributed by atoms with E-state index in [4.69, 9.17) is 9.47 Å².